The van der Waals surface area contributed by atoms with Crippen molar-refractivity contribution in [1.29, 1.82) is 0 Å². The lowest BCUT2D eigenvalue weighted by Gasteiger charge is -2.30. The molecule has 0 amide bonds. The van der Waals surface area contributed by atoms with E-state index < -0.39 is 11.9 Å². The number of rotatable bonds is 7. The molecule has 0 aromatic heterocycles. The highest BCUT2D eigenvalue weighted by Gasteiger charge is 2.23. The highest BCUT2D eigenvalue weighted by atomic mass is 32.2. The molecule has 5 rings (SSSR count). The Labute approximate surface area is 260 Å². The van der Waals surface area contributed by atoms with Gasteiger partial charge in [0.15, 0.2) is 0 Å². The molecule has 3 aromatic carbocycles. The lowest BCUT2D eigenvalue weighted by Crippen LogP contribution is -2.32. The van der Waals surface area contributed by atoms with Crippen LogP contribution >= 0.6 is 11.8 Å². The second kappa shape index (κ2) is 15.2. The molecule has 0 saturated carbocycles. The first-order valence-corrected chi connectivity index (χ1v) is 16.1. The quantitative estimate of drug-likeness (QED) is 0.164. The van der Waals surface area contributed by atoms with E-state index in [1.54, 1.807) is 11.1 Å². The van der Waals surface area contributed by atoms with Crippen molar-refractivity contribution in [3.8, 4) is 0 Å². The van der Waals surface area contributed by atoms with Crippen LogP contribution in [0.15, 0.2) is 95.4 Å². The van der Waals surface area contributed by atoms with Crippen molar-refractivity contribution in [3.63, 3.8) is 0 Å². The summed E-state index contributed by atoms with van der Waals surface area (Å²) in [7, 11) is 0. The van der Waals surface area contributed by atoms with Gasteiger partial charge in [-0.25, -0.2) is 9.59 Å². The molecule has 0 radical (unpaired) electrons. The van der Waals surface area contributed by atoms with E-state index in [1.807, 2.05) is 11.8 Å². The van der Waals surface area contributed by atoms with E-state index in [2.05, 4.69) is 98.5 Å². The molecule has 1 aliphatic heterocycles. The molecule has 3 aromatic rings. The van der Waals surface area contributed by atoms with Crippen molar-refractivity contribution in [1.82, 2.24) is 4.90 Å². The molecule has 5 nitrogen and oxygen atoms in total. The zero-order valence-electron chi connectivity index (χ0n) is 25.5. The van der Waals surface area contributed by atoms with Crippen LogP contribution in [-0.4, -0.2) is 52.4 Å². The molecular weight excluding hydrogens is 554 g/mol. The second-order valence-electron chi connectivity index (χ2n) is 12.1. The number of likely N-dealkylation sites (tertiary alicyclic amines) is 1. The summed E-state index contributed by atoms with van der Waals surface area (Å²) < 4.78 is 0. The van der Waals surface area contributed by atoms with Gasteiger partial charge < -0.3 is 15.1 Å². The standard InChI is InChI=1S/C33H39NS.C4H4O4/c1-33(2,3)28-15-17-29(18-16-28)35-24-8-21-34-22-19-27(20-23-34)32-30-11-6-4-9-25(30)13-14-26-10-5-7-12-31(26)32;5-3(6)1-2-4(7)8/h4-7,9-12,15-18H,8,13-14,19-24H2,1-3H3;1-2H,(H,5,6)(H,7,8). The summed E-state index contributed by atoms with van der Waals surface area (Å²) in [5.74, 6) is -1.32. The van der Waals surface area contributed by atoms with Gasteiger partial charge in [0.2, 0.25) is 0 Å². The van der Waals surface area contributed by atoms with Gasteiger partial charge in [0.05, 0.1) is 0 Å². The number of hydrogen-bond acceptors (Lipinski definition) is 4. The minimum Gasteiger partial charge on any atom is -0.478 e. The largest absolute Gasteiger partial charge is 0.478 e. The fraction of sp³-hybridized carbons (Fsp3) is 0.351. The molecule has 0 unspecified atom stereocenters. The van der Waals surface area contributed by atoms with Gasteiger partial charge in [-0.1, -0.05) is 87.0 Å². The van der Waals surface area contributed by atoms with Crippen molar-refractivity contribution in [2.24, 2.45) is 0 Å². The van der Waals surface area contributed by atoms with E-state index in [1.165, 1.54) is 77.4 Å². The molecule has 6 heteroatoms. The average Bonchev–Trinajstić information content (AvgIpc) is 3.16. The Morgan fingerprint density at radius 3 is 1.77 bits per heavy atom. The molecule has 0 bridgehead atoms. The van der Waals surface area contributed by atoms with Gasteiger partial charge in [-0.15, -0.1) is 11.8 Å². The van der Waals surface area contributed by atoms with Crippen LogP contribution in [0.5, 0.6) is 0 Å². The van der Waals surface area contributed by atoms with E-state index >= 15 is 0 Å². The third kappa shape index (κ3) is 9.44. The molecule has 1 heterocycles. The van der Waals surface area contributed by atoms with Crippen LogP contribution < -0.4 is 0 Å². The molecule has 1 saturated heterocycles. The van der Waals surface area contributed by atoms with E-state index in [-0.39, 0.29) is 5.41 Å². The molecule has 43 heavy (non-hydrogen) atoms. The van der Waals surface area contributed by atoms with Gasteiger partial charge in [-0.2, -0.15) is 0 Å². The maximum atomic E-state index is 9.55. The normalized spacial score (nSPS) is 15.2. The average molecular weight is 598 g/mol. The summed E-state index contributed by atoms with van der Waals surface area (Å²) in [6.45, 7) is 10.4. The lowest BCUT2D eigenvalue weighted by atomic mass is 9.86. The summed E-state index contributed by atoms with van der Waals surface area (Å²) in [5, 5.41) is 15.6. The first-order valence-electron chi connectivity index (χ1n) is 15.1. The van der Waals surface area contributed by atoms with Crippen LogP contribution in [0.25, 0.3) is 5.57 Å². The highest BCUT2D eigenvalue weighted by molar-refractivity contribution is 7.99. The Hall–Kier alpha value is -3.61. The zero-order valence-corrected chi connectivity index (χ0v) is 26.3. The van der Waals surface area contributed by atoms with Crippen molar-refractivity contribution in [3.05, 3.63) is 118 Å². The SMILES string of the molecule is CC(C)(C)c1ccc(SCCCN2CCC(=C3c4ccccc4CCc4ccccc43)CC2)cc1.O=C(O)C=CC(=O)O. The molecule has 226 valence electrons. The van der Waals surface area contributed by atoms with Crippen LogP contribution in [0.4, 0.5) is 0 Å². The summed E-state index contributed by atoms with van der Waals surface area (Å²) in [4.78, 5) is 23.2. The number of piperidine rings is 1. The van der Waals surface area contributed by atoms with Crippen LogP contribution in [0, 0.1) is 0 Å². The topological polar surface area (TPSA) is 77.8 Å². The Balaban J connectivity index is 0.000000467. The van der Waals surface area contributed by atoms with Crippen molar-refractivity contribution in [2.45, 2.75) is 63.2 Å². The van der Waals surface area contributed by atoms with Gasteiger partial charge in [0.25, 0.3) is 0 Å². The molecule has 0 spiro atoms. The number of fused-ring (bicyclic) bond motifs is 2. The summed E-state index contributed by atoms with van der Waals surface area (Å²) >= 11 is 2.00. The Bertz CT molecular complexity index is 1390. The number of carboxylic acid groups (broad SMARTS) is 2. The summed E-state index contributed by atoms with van der Waals surface area (Å²) in [6.07, 6.45) is 7.05. The predicted molar refractivity (Wildman–Crippen MR) is 177 cm³/mol. The molecule has 0 atom stereocenters. The molecule has 1 aliphatic carbocycles. The van der Waals surface area contributed by atoms with Gasteiger partial charge in [0, 0.05) is 30.1 Å². The fourth-order valence-electron chi connectivity index (χ4n) is 5.73. The Morgan fingerprint density at radius 2 is 1.28 bits per heavy atom. The fourth-order valence-corrected chi connectivity index (χ4v) is 6.57. The first kappa shape index (κ1) is 32.3. The van der Waals surface area contributed by atoms with Gasteiger partial charge in [-0.05, 0) is 95.3 Å². The first-order chi connectivity index (χ1) is 20.6. The third-order valence-corrected chi connectivity index (χ3v) is 9.12. The Kier molecular flexibility index (Phi) is 11.4. The number of nitrogens with zero attached hydrogens (tertiary/aromatic N) is 1. The van der Waals surface area contributed by atoms with E-state index in [9.17, 15) is 9.59 Å². The van der Waals surface area contributed by atoms with Gasteiger partial charge in [0.1, 0.15) is 0 Å². The summed E-state index contributed by atoms with van der Waals surface area (Å²) in [6, 6.07) is 27.4. The number of benzene rings is 3. The minimum atomic E-state index is -1.26. The maximum Gasteiger partial charge on any atom is 0.328 e. The third-order valence-electron chi connectivity index (χ3n) is 8.03. The van der Waals surface area contributed by atoms with Crippen LogP contribution in [0.3, 0.4) is 0 Å². The van der Waals surface area contributed by atoms with E-state index in [0.29, 0.717) is 12.2 Å². The molecule has 1 fully saturated rings. The molecule has 2 N–H and O–H groups in total. The lowest BCUT2D eigenvalue weighted by molar-refractivity contribution is -0.134. The highest BCUT2D eigenvalue weighted by Crippen LogP contribution is 2.38. The Morgan fingerprint density at radius 1 is 0.767 bits per heavy atom. The van der Waals surface area contributed by atoms with Crippen LogP contribution in [-0.2, 0) is 27.8 Å². The van der Waals surface area contributed by atoms with Crippen molar-refractivity contribution in [2.75, 3.05) is 25.4 Å². The monoisotopic (exact) mass is 597 g/mol. The van der Waals surface area contributed by atoms with E-state index in [4.69, 9.17) is 10.2 Å². The van der Waals surface area contributed by atoms with Gasteiger partial charge in [-0.3, -0.25) is 0 Å². The smallest absolute Gasteiger partial charge is 0.328 e. The predicted octanol–water partition coefficient (Wildman–Crippen LogP) is 7.87. The number of carbonyl (C=O) groups is 2. The minimum absolute atomic E-state index is 0.229. The van der Waals surface area contributed by atoms with Crippen LogP contribution in [0.2, 0.25) is 0 Å². The van der Waals surface area contributed by atoms with Crippen LogP contribution in [0.1, 0.15) is 67.9 Å². The number of carboxylic acids is 2. The zero-order chi connectivity index (χ0) is 30.8. The summed E-state index contributed by atoms with van der Waals surface area (Å²) in [5.41, 5.74) is 10.8. The number of aryl methyl sites for hydroxylation is 2. The second-order valence-corrected chi connectivity index (χ2v) is 13.3. The van der Waals surface area contributed by atoms with Gasteiger partial charge >= 0.3 is 11.9 Å². The van der Waals surface area contributed by atoms with Crippen molar-refractivity contribution >= 4 is 29.3 Å². The molecular formula is C37H43NO4S. The number of thioether (sulfide) groups is 1. The molecule has 2 aliphatic rings. The number of aliphatic carboxylic acids is 2. The van der Waals surface area contributed by atoms with Crippen molar-refractivity contribution < 1.29 is 19.8 Å². The maximum absolute atomic E-state index is 9.55. The van der Waals surface area contributed by atoms with E-state index in [0.717, 1.165) is 12.8 Å². The number of hydrogen-bond donors (Lipinski definition) is 2.